The van der Waals surface area contributed by atoms with Crippen molar-refractivity contribution in [2.45, 2.75) is 6.61 Å². The van der Waals surface area contributed by atoms with E-state index in [2.05, 4.69) is 4.74 Å². The summed E-state index contributed by atoms with van der Waals surface area (Å²) in [6.45, 7) is 0.0972. The van der Waals surface area contributed by atoms with Crippen LogP contribution < -0.4 is 0 Å². The van der Waals surface area contributed by atoms with Crippen molar-refractivity contribution in [1.29, 1.82) is 5.26 Å². The lowest BCUT2D eigenvalue weighted by Gasteiger charge is -2.02. The predicted molar refractivity (Wildman–Crippen MR) is 87.8 cm³/mol. The number of hydrogen-bond donors (Lipinski definition) is 0. The second-order valence-corrected chi connectivity index (χ2v) is 4.87. The Labute approximate surface area is 139 Å². The fourth-order valence-corrected chi connectivity index (χ4v) is 1.95. The number of rotatable bonds is 5. The van der Waals surface area contributed by atoms with E-state index in [0.29, 0.717) is 11.1 Å². The highest BCUT2D eigenvalue weighted by Gasteiger charge is 2.04. The van der Waals surface area contributed by atoms with Crippen molar-refractivity contribution in [2.24, 2.45) is 0 Å². The minimum Gasteiger partial charge on any atom is -0.465 e. The number of nitrogens with zero attached hydrogens (tertiary/aromatic N) is 1. The van der Waals surface area contributed by atoms with Gasteiger partial charge in [0.2, 0.25) is 0 Å². The molecule has 0 saturated heterocycles. The molecule has 0 amide bonds. The Bertz CT molecular complexity index is 801. The molecule has 0 N–H and O–H groups in total. The van der Waals surface area contributed by atoms with Crippen LogP contribution in [0.4, 0.5) is 0 Å². The summed E-state index contributed by atoms with van der Waals surface area (Å²) in [5, 5.41) is 8.82. The van der Waals surface area contributed by atoms with E-state index in [-0.39, 0.29) is 6.61 Å². The Hall–Kier alpha value is -3.39. The Morgan fingerprint density at radius 3 is 2.58 bits per heavy atom. The zero-order valence-corrected chi connectivity index (χ0v) is 13.1. The maximum absolute atomic E-state index is 11.7. The van der Waals surface area contributed by atoms with Gasteiger partial charge in [0.1, 0.15) is 6.61 Å². The second kappa shape index (κ2) is 8.30. The minimum atomic E-state index is -0.491. The lowest BCUT2D eigenvalue weighted by molar-refractivity contribution is -0.138. The molecule has 2 aromatic carbocycles. The topological polar surface area (TPSA) is 76.4 Å². The van der Waals surface area contributed by atoms with E-state index < -0.39 is 11.9 Å². The number of hydrogen-bond acceptors (Lipinski definition) is 5. The number of carbonyl (C=O) groups excluding carboxylic acids is 2. The summed E-state index contributed by atoms with van der Waals surface area (Å²) in [7, 11) is 1.32. The van der Waals surface area contributed by atoms with E-state index in [1.807, 2.05) is 6.07 Å². The highest BCUT2D eigenvalue weighted by atomic mass is 16.5. The molecule has 0 fully saturated rings. The largest absolute Gasteiger partial charge is 0.465 e. The van der Waals surface area contributed by atoms with E-state index in [9.17, 15) is 9.59 Å². The van der Waals surface area contributed by atoms with Crippen molar-refractivity contribution in [1.82, 2.24) is 0 Å². The van der Waals surface area contributed by atoms with Crippen molar-refractivity contribution in [2.75, 3.05) is 7.11 Å². The van der Waals surface area contributed by atoms with E-state index in [4.69, 9.17) is 10.00 Å². The third-order valence-corrected chi connectivity index (χ3v) is 3.18. The third-order valence-electron chi connectivity index (χ3n) is 3.18. The zero-order chi connectivity index (χ0) is 17.4. The quantitative estimate of drug-likeness (QED) is 0.625. The molecule has 24 heavy (non-hydrogen) atoms. The van der Waals surface area contributed by atoms with Crippen LogP contribution in [-0.4, -0.2) is 19.0 Å². The summed E-state index contributed by atoms with van der Waals surface area (Å²) < 4.78 is 9.73. The Kier molecular flexibility index (Phi) is 5.87. The van der Waals surface area contributed by atoms with Gasteiger partial charge >= 0.3 is 11.9 Å². The van der Waals surface area contributed by atoms with Crippen LogP contribution in [0.25, 0.3) is 6.08 Å². The molecule has 0 heterocycles. The molecular formula is C19H15NO4. The number of ether oxygens (including phenoxy) is 2. The first-order chi connectivity index (χ1) is 11.6. The van der Waals surface area contributed by atoms with Crippen LogP contribution in [0.1, 0.15) is 27.0 Å². The Morgan fingerprint density at radius 2 is 1.92 bits per heavy atom. The van der Waals surface area contributed by atoms with Crippen molar-refractivity contribution in [3.8, 4) is 6.07 Å². The average molecular weight is 321 g/mol. The molecule has 120 valence electrons. The van der Waals surface area contributed by atoms with E-state index >= 15 is 0 Å². The van der Waals surface area contributed by atoms with Crippen LogP contribution in [-0.2, 0) is 20.9 Å². The number of methoxy groups -OCH3 is 1. The van der Waals surface area contributed by atoms with E-state index in [1.165, 1.54) is 13.2 Å². The van der Waals surface area contributed by atoms with Gasteiger partial charge in [-0.3, -0.25) is 0 Å². The first-order valence-electron chi connectivity index (χ1n) is 7.14. The van der Waals surface area contributed by atoms with Gasteiger partial charge in [-0.1, -0.05) is 24.3 Å². The fraction of sp³-hybridized carbons (Fsp3) is 0.105. The molecule has 0 saturated carbocycles. The highest BCUT2D eigenvalue weighted by Crippen LogP contribution is 2.09. The molecule has 2 aromatic rings. The molecule has 0 bridgehead atoms. The molecule has 5 nitrogen and oxygen atoms in total. The molecule has 0 aliphatic rings. The first-order valence-corrected chi connectivity index (χ1v) is 7.14. The molecule has 0 aromatic heterocycles. The van der Waals surface area contributed by atoms with Crippen LogP contribution in [0.5, 0.6) is 0 Å². The standard InChI is InChI=1S/C19H15NO4/c1-23-19(22)17-8-5-14(6-9-17)7-10-18(21)24-13-16-4-2-3-15(11-16)12-20/h2-11H,13H2,1H3/b10-7+. The van der Waals surface area contributed by atoms with Crippen LogP contribution in [0.3, 0.4) is 0 Å². The van der Waals surface area contributed by atoms with Crippen molar-refractivity contribution >= 4 is 18.0 Å². The molecule has 5 heteroatoms. The molecule has 0 radical (unpaired) electrons. The van der Waals surface area contributed by atoms with E-state index in [1.54, 1.807) is 54.6 Å². The van der Waals surface area contributed by atoms with Gasteiger partial charge in [-0.25, -0.2) is 9.59 Å². The van der Waals surface area contributed by atoms with Gasteiger partial charge in [0.25, 0.3) is 0 Å². The van der Waals surface area contributed by atoms with Crippen LogP contribution >= 0.6 is 0 Å². The summed E-state index contributed by atoms with van der Waals surface area (Å²) in [5.41, 5.74) is 2.46. The number of esters is 2. The van der Waals surface area contributed by atoms with Gasteiger partial charge in [0.15, 0.2) is 0 Å². The fourth-order valence-electron chi connectivity index (χ4n) is 1.95. The summed E-state index contributed by atoms with van der Waals surface area (Å²) in [4.78, 5) is 23.0. The van der Waals surface area contributed by atoms with Crippen molar-refractivity contribution < 1.29 is 19.1 Å². The lowest BCUT2D eigenvalue weighted by atomic mass is 10.1. The van der Waals surface area contributed by atoms with Gasteiger partial charge in [0, 0.05) is 6.08 Å². The number of carbonyl (C=O) groups is 2. The molecule has 0 aliphatic heterocycles. The number of nitriles is 1. The van der Waals surface area contributed by atoms with Crippen molar-refractivity contribution in [3.63, 3.8) is 0 Å². The average Bonchev–Trinajstić information content (AvgIpc) is 2.64. The second-order valence-electron chi connectivity index (χ2n) is 4.87. The molecule has 0 aliphatic carbocycles. The zero-order valence-electron chi connectivity index (χ0n) is 13.1. The van der Waals surface area contributed by atoms with Gasteiger partial charge in [-0.05, 0) is 41.5 Å². The van der Waals surface area contributed by atoms with Crippen LogP contribution in [0.15, 0.2) is 54.6 Å². The third kappa shape index (κ3) is 4.82. The normalized spacial score (nSPS) is 10.2. The SMILES string of the molecule is COC(=O)c1ccc(/C=C/C(=O)OCc2cccc(C#N)c2)cc1. The Morgan fingerprint density at radius 1 is 1.17 bits per heavy atom. The summed E-state index contributed by atoms with van der Waals surface area (Å²) in [5.74, 6) is -0.904. The summed E-state index contributed by atoms with van der Waals surface area (Å²) >= 11 is 0. The van der Waals surface area contributed by atoms with Crippen LogP contribution in [0.2, 0.25) is 0 Å². The maximum Gasteiger partial charge on any atom is 0.337 e. The highest BCUT2D eigenvalue weighted by molar-refractivity contribution is 5.90. The molecule has 2 rings (SSSR count). The van der Waals surface area contributed by atoms with Gasteiger partial charge in [0.05, 0.1) is 24.3 Å². The van der Waals surface area contributed by atoms with Gasteiger partial charge in [-0.15, -0.1) is 0 Å². The molecule has 0 unspecified atom stereocenters. The predicted octanol–water partition coefficient (Wildman–Crippen LogP) is 3.10. The van der Waals surface area contributed by atoms with Crippen LogP contribution in [0, 0.1) is 11.3 Å². The maximum atomic E-state index is 11.7. The smallest absolute Gasteiger partial charge is 0.337 e. The molecule has 0 spiro atoms. The van der Waals surface area contributed by atoms with E-state index in [0.717, 1.165) is 11.1 Å². The van der Waals surface area contributed by atoms with Crippen molar-refractivity contribution in [3.05, 3.63) is 76.9 Å². The Balaban J connectivity index is 1.90. The summed E-state index contributed by atoms with van der Waals surface area (Å²) in [6, 6.07) is 15.5. The number of benzene rings is 2. The molecule has 0 atom stereocenters. The van der Waals surface area contributed by atoms with Gasteiger partial charge < -0.3 is 9.47 Å². The first kappa shape index (κ1) is 17.0. The monoisotopic (exact) mass is 321 g/mol. The summed E-state index contributed by atoms with van der Waals surface area (Å²) in [6.07, 6.45) is 2.90. The minimum absolute atomic E-state index is 0.0972. The van der Waals surface area contributed by atoms with Gasteiger partial charge in [-0.2, -0.15) is 5.26 Å². The molecular weight excluding hydrogens is 306 g/mol. The lowest BCUT2D eigenvalue weighted by Crippen LogP contribution is -2.01.